The molecule has 0 spiro atoms. The van der Waals surface area contributed by atoms with Crippen LogP contribution in [0.4, 0.5) is 35.1 Å². The topological polar surface area (TPSA) is 9.23 Å². The van der Waals surface area contributed by atoms with Crippen molar-refractivity contribution < 1.29 is 39.9 Å². The van der Waals surface area contributed by atoms with E-state index in [0.717, 1.165) is 7.11 Å². The quantitative estimate of drug-likeness (QED) is 0.703. The van der Waals surface area contributed by atoms with Crippen molar-refractivity contribution in [2.24, 2.45) is 0 Å². The summed E-state index contributed by atoms with van der Waals surface area (Å²) in [4.78, 5) is 0. The van der Waals surface area contributed by atoms with Crippen molar-refractivity contribution in [1.82, 2.24) is 0 Å². The molecule has 0 fully saturated rings. The summed E-state index contributed by atoms with van der Waals surface area (Å²) in [6, 6.07) is 0. The van der Waals surface area contributed by atoms with Gasteiger partial charge < -0.3 is 4.74 Å². The normalized spacial score (nSPS) is 15.4. The lowest BCUT2D eigenvalue weighted by molar-refractivity contribution is -0.347. The van der Waals surface area contributed by atoms with E-state index < -0.39 is 30.5 Å². The number of allylic oxidation sites excluding steroid dienone is 1. The predicted molar refractivity (Wildman–Crippen MR) is 37.0 cm³/mol. The highest BCUT2D eigenvalue weighted by Crippen LogP contribution is 2.49. The highest BCUT2D eigenvalue weighted by molar-refractivity contribution is 5.12. The Morgan fingerprint density at radius 1 is 1.06 bits per heavy atom. The van der Waals surface area contributed by atoms with Crippen molar-refractivity contribution in [3.63, 3.8) is 0 Å². The van der Waals surface area contributed by atoms with Gasteiger partial charge >= 0.3 is 18.0 Å². The summed E-state index contributed by atoms with van der Waals surface area (Å²) in [6.45, 7) is -0.852. The van der Waals surface area contributed by atoms with Gasteiger partial charge in [0.1, 0.15) is 0 Å². The number of alkyl halides is 7. The molecule has 0 rings (SSSR count). The lowest BCUT2D eigenvalue weighted by Gasteiger charge is -2.26. The molecule has 0 saturated heterocycles. The smallest absolute Gasteiger partial charge is 0.381 e. The Bertz CT molecular complexity index is 266. The minimum absolute atomic E-state index is 0.195. The van der Waals surface area contributed by atoms with Crippen LogP contribution in [0.15, 0.2) is 11.9 Å². The standard InChI is InChI=1S/C7H6F8O/c1-16-3-2-4(8)5(9,10)6(11,12)7(13,14)15/h2H,3H2,1H3. The Morgan fingerprint density at radius 3 is 1.81 bits per heavy atom. The molecular weight excluding hydrogens is 252 g/mol. The molecular formula is C7H6F8O. The summed E-state index contributed by atoms with van der Waals surface area (Å²) in [5, 5.41) is 0. The molecule has 0 atom stereocenters. The van der Waals surface area contributed by atoms with Crippen LogP contribution in [0.1, 0.15) is 0 Å². The second kappa shape index (κ2) is 4.56. The van der Waals surface area contributed by atoms with E-state index in [2.05, 4.69) is 4.74 Å². The Labute approximate surface area is 84.7 Å². The summed E-state index contributed by atoms with van der Waals surface area (Å²) in [7, 11) is 0.920. The molecule has 0 unspecified atom stereocenters. The highest BCUT2D eigenvalue weighted by Gasteiger charge is 2.74. The number of methoxy groups -OCH3 is 1. The summed E-state index contributed by atoms with van der Waals surface area (Å²) in [6.07, 6.45) is -6.74. The van der Waals surface area contributed by atoms with E-state index in [1.165, 1.54) is 0 Å². The van der Waals surface area contributed by atoms with Gasteiger partial charge in [-0.25, -0.2) is 4.39 Å². The molecule has 0 aliphatic carbocycles. The molecule has 1 nitrogen and oxygen atoms in total. The molecule has 0 amide bonds. The molecule has 0 aromatic rings. The first-order chi connectivity index (χ1) is 6.98. The fourth-order valence-electron chi connectivity index (χ4n) is 0.613. The lowest BCUT2D eigenvalue weighted by Crippen LogP contribution is -2.52. The summed E-state index contributed by atoms with van der Waals surface area (Å²) < 4.78 is 100. The van der Waals surface area contributed by atoms with E-state index in [9.17, 15) is 35.1 Å². The molecule has 0 heterocycles. The highest BCUT2D eigenvalue weighted by atomic mass is 19.4. The minimum atomic E-state index is -6.55. The molecule has 0 bridgehead atoms. The van der Waals surface area contributed by atoms with Gasteiger partial charge in [0.25, 0.3) is 0 Å². The maximum atomic E-state index is 12.4. The second-order valence-electron chi connectivity index (χ2n) is 2.65. The Balaban J connectivity index is 5.19. The van der Waals surface area contributed by atoms with Crippen molar-refractivity contribution in [2.45, 2.75) is 18.0 Å². The van der Waals surface area contributed by atoms with Crippen LogP contribution in [0.3, 0.4) is 0 Å². The summed E-state index contributed by atoms with van der Waals surface area (Å²) in [5.74, 6) is -15.3. The number of hydrogen-bond acceptors (Lipinski definition) is 1. The first-order valence-electron chi connectivity index (χ1n) is 3.66. The van der Waals surface area contributed by atoms with E-state index in [1.807, 2.05) is 0 Å². The second-order valence-corrected chi connectivity index (χ2v) is 2.65. The average molecular weight is 258 g/mol. The van der Waals surface area contributed by atoms with Gasteiger partial charge in [-0.2, -0.15) is 30.7 Å². The fourth-order valence-corrected chi connectivity index (χ4v) is 0.613. The van der Waals surface area contributed by atoms with Gasteiger partial charge in [0, 0.05) is 7.11 Å². The van der Waals surface area contributed by atoms with E-state index in [0.29, 0.717) is 0 Å². The van der Waals surface area contributed by atoms with Crippen molar-refractivity contribution in [3.8, 4) is 0 Å². The largest absolute Gasteiger partial charge is 0.460 e. The van der Waals surface area contributed by atoms with E-state index in [-0.39, 0.29) is 6.08 Å². The van der Waals surface area contributed by atoms with Crippen LogP contribution < -0.4 is 0 Å². The van der Waals surface area contributed by atoms with Gasteiger partial charge in [0.05, 0.1) is 6.61 Å². The zero-order valence-corrected chi connectivity index (χ0v) is 7.72. The third-order valence-corrected chi connectivity index (χ3v) is 1.48. The number of rotatable bonds is 4. The fraction of sp³-hybridized carbons (Fsp3) is 0.714. The van der Waals surface area contributed by atoms with Gasteiger partial charge in [-0.15, -0.1) is 0 Å². The molecule has 16 heavy (non-hydrogen) atoms. The summed E-state index contributed by atoms with van der Waals surface area (Å²) in [5.41, 5.74) is 0. The molecule has 0 aromatic carbocycles. The van der Waals surface area contributed by atoms with Crippen molar-refractivity contribution >= 4 is 0 Å². The Kier molecular flexibility index (Phi) is 4.31. The van der Waals surface area contributed by atoms with Crippen LogP contribution in [0.25, 0.3) is 0 Å². The van der Waals surface area contributed by atoms with Crippen LogP contribution in [-0.2, 0) is 4.74 Å². The maximum absolute atomic E-state index is 12.4. The molecule has 96 valence electrons. The molecule has 0 radical (unpaired) electrons. The van der Waals surface area contributed by atoms with Crippen molar-refractivity contribution in [2.75, 3.05) is 13.7 Å². The third kappa shape index (κ3) is 2.63. The van der Waals surface area contributed by atoms with Gasteiger partial charge in [-0.1, -0.05) is 0 Å². The zero-order valence-electron chi connectivity index (χ0n) is 7.72. The molecule has 0 aliphatic rings. The Hall–Kier alpha value is -0.860. The molecule has 9 heteroatoms. The van der Waals surface area contributed by atoms with Crippen molar-refractivity contribution in [1.29, 1.82) is 0 Å². The Morgan fingerprint density at radius 2 is 1.50 bits per heavy atom. The van der Waals surface area contributed by atoms with Crippen LogP contribution >= 0.6 is 0 Å². The SMILES string of the molecule is COCC=C(F)C(F)(F)C(F)(F)C(F)(F)F. The lowest BCUT2D eigenvalue weighted by atomic mass is 10.1. The molecule has 0 N–H and O–H groups in total. The van der Waals surface area contributed by atoms with Gasteiger partial charge in [0.2, 0.25) is 0 Å². The van der Waals surface area contributed by atoms with Gasteiger partial charge in [0.15, 0.2) is 5.83 Å². The van der Waals surface area contributed by atoms with Crippen molar-refractivity contribution in [3.05, 3.63) is 11.9 Å². The summed E-state index contributed by atoms with van der Waals surface area (Å²) >= 11 is 0. The molecule has 0 aliphatic heterocycles. The van der Waals surface area contributed by atoms with E-state index >= 15 is 0 Å². The number of hydrogen-bond donors (Lipinski definition) is 0. The third-order valence-electron chi connectivity index (χ3n) is 1.48. The van der Waals surface area contributed by atoms with Crippen LogP contribution in [-0.4, -0.2) is 31.7 Å². The first-order valence-corrected chi connectivity index (χ1v) is 3.66. The van der Waals surface area contributed by atoms with Crippen LogP contribution in [0.5, 0.6) is 0 Å². The van der Waals surface area contributed by atoms with Crippen LogP contribution in [0, 0.1) is 0 Å². The van der Waals surface area contributed by atoms with Gasteiger partial charge in [-0.05, 0) is 6.08 Å². The predicted octanol–water partition coefficient (Wildman–Crippen LogP) is 3.32. The maximum Gasteiger partial charge on any atom is 0.460 e. The number of halogens is 8. The molecule has 0 aromatic heterocycles. The van der Waals surface area contributed by atoms with E-state index in [1.54, 1.807) is 0 Å². The zero-order chi connectivity index (χ0) is 13.2. The molecule has 0 saturated carbocycles. The van der Waals surface area contributed by atoms with Crippen LogP contribution in [0.2, 0.25) is 0 Å². The minimum Gasteiger partial charge on any atom is -0.381 e. The monoisotopic (exact) mass is 258 g/mol. The number of ether oxygens (including phenoxy) is 1. The van der Waals surface area contributed by atoms with Gasteiger partial charge in [-0.3, -0.25) is 0 Å². The average Bonchev–Trinajstić information content (AvgIpc) is 2.11. The first kappa shape index (κ1) is 15.1. The van der Waals surface area contributed by atoms with E-state index in [4.69, 9.17) is 0 Å².